The van der Waals surface area contributed by atoms with Gasteiger partial charge in [-0.25, -0.2) is 9.97 Å². The molecule has 1 aromatic rings. The average molecular weight is 278 g/mol. The minimum Gasteiger partial charge on any atom is -0.370 e. The molecule has 0 radical (unpaired) electrons. The number of nitrogens with zero attached hydrogens (tertiary/aromatic N) is 3. The van der Waals surface area contributed by atoms with Crippen molar-refractivity contribution in [3.8, 4) is 0 Å². The Morgan fingerprint density at radius 3 is 2.90 bits per heavy atom. The number of aromatic nitrogens is 2. The third kappa shape index (κ3) is 3.90. The lowest BCUT2D eigenvalue weighted by Crippen LogP contribution is -2.36. The van der Waals surface area contributed by atoms with Gasteiger partial charge in [-0.15, -0.1) is 0 Å². The molecular weight excluding hydrogens is 252 g/mol. The van der Waals surface area contributed by atoms with Crippen LogP contribution in [0.3, 0.4) is 0 Å². The van der Waals surface area contributed by atoms with Crippen molar-refractivity contribution in [1.29, 1.82) is 0 Å². The Labute approximate surface area is 121 Å². The van der Waals surface area contributed by atoms with Gasteiger partial charge in [0.2, 0.25) is 0 Å². The van der Waals surface area contributed by atoms with Gasteiger partial charge in [-0.2, -0.15) is 0 Å². The second-order valence-corrected chi connectivity index (χ2v) is 5.74. The molecule has 1 fully saturated rings. The van der Waals surface area contributed by atoms with Crippen LogP contribution in [0.1, 0.15) is 50.7 Å². The highest BCUT2D eigenvalue weighted by atomic mass is 16.5. The maximum Gasteiger partial charge on any atom is 0.161 e. The Kier molecular flexibility index (Phi) is 5.31. The van der Waals surface area contributed by atoms with Gasteiger partial charge in [-0.3, -0.25) is 0 Å². The molecule has 5 heteroatoms. The van der Waals surface area contributed by atoms with Crippen LogP contribution in [0, 0.1) is 0 Å². The molecule has 0 spiro atoms. The summed E-state index contributed by atoms with van der Waals surface area (Å²) < 4.78 is 5.83. The number of hydrogen-bond donors (Lipinski definition) is 1. The van der Waals surface area contributed by atoms with Crippen LogP contribution in [0.2, 0.25) is 0 Å². The van der Waals surface area contributed by atoms with Gasteiger partial charge in [0, 0.05) is 31.4 Å². The first-order valence-electron chi connectivity index (χ1n) is 7.53. The van der Waals surface area contributed by atoms with Gasteiger partial charge in [0.15, 0.2) is 5.82 Å². The van der Waals surface area contributed by atoms with E-state index in [1.54, 1.807) is 0 Å². The number of rotatable bonds is 5. The molecule has 2 rings (SSSR count). The molecule has 0 saturated carbocycles. The molecule has 112 valence electrons. The Bertz CT molecular complexity index is 436. The van der Waals surface area contributed by atoms with E-state index in [0.717, 1.165) is 50.0 Å². The molecule has 1 N–H and O–H groups in total. The number of anilines is 1. The monoisotopic (exact) mass is 278 g/mol. The Hall–Kier alpha value is -1.20. The summed E-state index contributed by atoms with van der Waals surface area (Å²) in [6.45, 7) is 9.97. The van der Waals surface area contributed by atoms with Crippen LogP contribution in [-0.4, -0.2) is 48.2 Å². The molecule has 1 atom stereocenters. The topological polar surface area (TPSA) is 50.3 Å². The first-order valence-corrected chi connectivity index (χ1v) is 7.53. The van der Waals surface area contributed by atoms with Gasteiger partial charge >= 0.3 is 0 Å². The fourth-order valence-corrected chi connectivity index (χ4v) is 2.20. The summed E-state index contributed by atoms with van der Waals surface area (Å²) >= 11 is 0. The summed E-state index contributed by atoms with van der Waals surface area (Å²) in [5, 5.41) is 3.36. The predicted octanol–water partition coefficient (Wildman–Crippen LogP) is 2.43. The molecule has 1 aliphatic rings. The Morgan fingerprint density at radius 2 is 2.25 bits per heavy atom. The number of ether oxygens (including phenoxy) is 1. The molecule has 1 aliphatic heterocycles. The molecule has 1 unspecified atom stereocenters. The van der Waals surface area contributed by atoms with Crippen LogP contribution in [0.5, 0.6) is 0 Å². The predicted molar refractivity (Wildman–Crippen MR) is 81.1 cm³/mol. The normalized spacial score (nSPS) is 20.4. The second-order valence-electron chi connectivity index (χ2n) is 5.74. The largest absolute Gasteiger partial charge is 0.370 e. The molecule has 0 bridgehead atoms. The molecule has 0 aliphatic carbocycles. The molecular formula is C15H26N4O. The summed E-state index contributed by atoms with van der Waals surface area (Å²) in [5.41, 5.74) is 1.07. The summed E-state index contributed by atoms with van der Waals surface area (Å²) in [6, 6.07) is 2.05. The van der Waals surface area contributed by atoms with E-state index in [4.69, 9.17) is 9.72 Å². The third-order valence-electron chi connectivity index (χ3n) is 3.47. The zero-order valence-electron chi connectivity index (χ0n) is 13.0. The van der Waals surface area contributed by atoms with Crippen molar-refractivity contribution in [2.75, 3.05) is 38.6 Å². The minimum absolute atomic E-state index is 0.0189. The van der Waals surface area contributed by atoms with E-state index in [-0.39, 0.29) is 6.10 Å². The lowest BCUT2D eigenvalue weighted by molar-refractivity contribution is -0.0255. The average Bonchev–Trinajstić information content (AvgIpc) is 2.44. The third-order valence-corrected chi connectivity index (χ3v) is 3.47. The van der Waals surface area contributed by atoms with Gasteiger partial charge in [0.1, 0.15) is 11.9 Å². The van der Waals surface area contributed by atoms with Crippen molar-refractivity contribution in [2.24, 2.45) is 0 Å². The van der Waals surface area contributed by atoms with Crippen LogP contribution >= 0.6 is 0 Å². The Balaban J connectivity index is 2.23. The molecule has 20 heavy (non-hydrogen) atoms. The zero-order chi connectivity index (χ0) is 14.5. The standard InChI is InChI=1S/C15H26N4O/c1-5-6-16-14-9-12(11(2)3)17-15(18-14)13-10-19(4)7-8-20-13/h9,11,13H,5-8,10H2,1-4H3,(H,16,17,18). The van der Waals surface area contributed by atoms with Gasteiger partial charge in [0.25, 0.3) is 0 Å². The fraction of sp³-hybridized carbons (Fsp3) is 0.733. The number of nitrogens with one attached hydrogen (secondary N) is 1. The highest BCUT2D eigenvalue weighted by Crippen LogP contribution is 2.23. The molecule has 0 aromatic carbocycles. The van der Waals surface area contributed by atoms with E-state index in [0.29, 0.717) is 5.92 Å². The lowest BCUT2D eigenvalue weighted by Gasteiger charge is -2.29. The SMILES string of the molecule is CCCNc1cc(C(C)C)nc(C2CN(C)CCO2)n1. The second kappa shape index (κ2) is 6.99. The van der Waals surface area contributed by atoms with Crippen molar-refractivity contribution in [2.45, 2.75) is 39.2 Å². The van der Waals surface area contributed by atoms with Crippen LogP contribution in [0.25, 0.3) is 0 Å². The van der Waals surface area contributed by atoms with E-state index < -0.39 is 0 Å². The van der Waals surface area contributed by atoms with Crippen molar-refractivity contribution < 1.29 is 4.74 Å². The summed E-state index contributed by atoms with van der Waals surface area (Å²) in [4.78, 5) is 11.6. The van der Waals surface area contributed by atoms with Crippen LogP contribution in [-0.2, 0) is 4.74 Å². The quantitative estimate of drug-likeness (QED) is 0.896. The molecule has 1 aromatic heterocycles. The number of morpholine rings is 1. The summed E-state index contributed by atoms with van der Waals surface area (Å²) in [7, 11) is 2.11. The van der Waals surface area contributed by atoms with Gasteiger partial charge in [0.05, 0.1) is 6.61 Å². The zero-order valence-corrected chi connectivity index (χ0v) is 13.0. The van der Waals surface area contributed by atoms with E-state index in [2.05, 4.69) is 49.1 Å². The Morgan fingerprint density at radius 1 is 1.45 bits per heavy atom. The molecule has 2 heterocycles. The van der Waals surface area contributed by atoms with Gasteiger partial charge in [-0.05, 0) is 19.4 Å². The van der Waals surface area contributed by atoms with Crippen LogP contribution < -0.4 is 5.32 Å². The van der Waals surface area contributed by atoms with E-state index in [1.807, 2.05) is 0 Å². The van der Waals surface area contributed by atoms with Gasteiger partial charge in [-0.1, -0.05) is 20.8 Å². The number of likely N-dealkylation sites (N-methyl/N-ethyl adjacent to an activating group) is 1. The van der Waals surface area contributed by atoms with Crippen molar-refractivity contribution in [1.82, 2.24) is 14.9 Å². The number of hydrogen-bond acceptors (Lipinski definition) is 5. The highest BCUT2D eigenvalue weighted by Gasteiger charge is 2.23. The maximum absolute atomic E-state index is 5.83. The van der Waals surface area contributed by atoms with Crippen LogP contribution in [0.15, 0.2) is 6.07 Å². The van der Waals surface area contributed by atoms with Crippen molar-refractivity contribution in [3.05, 3.63) is 17.6 Å². The maximum atomic E-state index is 5.83. The van der Waals surface area contributed by atoms with E-state index in [9.17, 15) is 0 Å². The van der Waals surface area contributed by atoms with Gasteiger partial charge < -0.3 is 15.0 Å². The smallest absolute Gasteiger partial charge is 0.161 e. The van der Waals surface area contributed by atoms with Crippen LogP contribution in [0.4, 0.5) is 5.82 Å². The molecule has 0 amide bonds. The first-order chi connectivity index (χ1) is 9.60. The summed E-state index contributed by atoms with van der Waals surface area (Å²) in [5.74, 6) is 2.11. The fourth-order valence-electron chi connectivity index (χ4n) is 2.20. The van der Waals surface area contributed by atoms with Crippen molar-refractivity contribution in [3.63, 3.8) is 0 Å². The molecule has 1 saturated heterocycles. The van der Waals surface area contributed by atoms with Crippen molar-refractivity contribution >= 4 is 5.82 Å². The first kappa shape index (κ1) is 15.2. The summed E-state index contributed by atoms with van der Waals surface area (Å²) in [6.07, 6.45) is 1.06. The lowest BCUT2D eigenvalue weighted by atomic mass is 10.1. The molecule has 5 nitrogen and oxygen atoms in total. The van der Waals surface area contributed by atoms with E-state index >= 15 is 0 Å². The highest BCUT2D eigenvalue weighted by molar-refractivity contribution is 5.37. The van der Waals surface area contributed by atoms with E-state index in [1.165, 1.54) is 0 Å². The minimum atomic E-state index is -0.0189.